The summed E-state index contributed by atoms with van der Waals surface area (Å²) in [7, 11) is 0.792. The number of rotatable bonds is 28. The monoisotopic (exact) mass is 931 g/mol. The second-order valence-corrected chi connectivity index (χ2v) is 19.6. The van der Waals surface area contributed by atoms with Crippen LogP contribution in [-0.2, 0) is 51.2 Å². The quantitative estimate of drug-likeness (QED) is 0.0298. The van der Waals surface area contributed by atoms with E-state index in [1.165, 1.54) is 21.6 Å². The highest BCUT2D eigenvalue weighted by molar-refractivity contribution is 8.77. The lowest BCUT2D eigenvalue weighted by Crippen LogP contribution is -2.32. The summed E-state index contributed by atoms with van der Waals surface area (Å²) in [6.45, 7) is 1.79. The number of carbonyl (C=O) groups excluding carboxylic acids is 4. The lowest BCUT2D eigenvalue weighted by molar-refractivity contribution is -0.197. The van der Waals surface area contributed by atoms with Crippen LogP contribution in [0, 0.1) is 0 Å². The summed E-state index contributed by atoms with van der Waals surface area (Å²) in [6.07, 6.45) is 11.4. The molecule has 2 unspecified atom stereocenters. The Balaban J connectivity index is 0.000000457. The zero-order valence-corrected chi connectivity index (χ0v) is 37.7. The van der Waals surface area contributed by atoms with Gasteiger partial charge < -0.3 is 25.7 Å². The molecule has 3 heterocycles. The molecule has 1 fully saturated rings. The van der Waals surface area contributed by atoms with E-state index in [1.807, 2.05) is 36.4 Å². The first-order valence-electron chi connectivity index (χ1n) is 18.3. The van der Waals surface area contributed by atoms with Gasteiger partial charge in [-0.2, -0.15) is 0 Å². The van der Waals surface area contributed by atoms with Gasteiger partial charge in [0.25, 0.3) is 11.8 Å². The Labute approximate surface area is 355 Å². The molecule has 2 aromatic heterocycles. The molecule has 24 heteroatoms. The Kier molecular flexibility index (Phi) is 31.3. The Morgan fingerprint density at radius 3 is 1.71 bits per heavy atom. The SMILES string of the molecule is COP(=O)(O)OCCCCCCN.COP(=O)(O)OCCCCCCNC(=O)CCSSc1ccccn1.O=C(CCSSc1ccccn1)ON1C(=O)CCC1=O. The van der Waals surface area contributed by atoms with Crippen LogP contribution >= 0.6 is 58.8 Å². The fourth-order valence-corrected chi connectivity index (χ4v) is 8.67. The predicted molar refractivity (Wildman–Crippen MR) is 226 cm³/mol. The zero-order chi connectivity index (χ0) is 42.9. The molecule has 2 atom stereocenters. The third-order valence-electron chi connectivity index (χ3n) is 7.03. The summed E-state index contributed by atoms with van der Waals surface area (Å²) in [6, 6.07) is 11.3. The van der Waals surface area contributed by atoms with Crippen LogP contribution < -0.4 is 11.1 Å². The van der Waals surface area contributed by atoms with E-state index < -0.39 is 33.4 Å². The molecule has 3 rings (SSSR count). The van der Waals surface area contributed by atoms with Crippen LogP contribution in [0.3, 0.4) is 0 Å². The molecule has 2 aromatic rings. The van der Waals surface area contributed by atoms with Crippen LogP contribution in [-0.4, -0.2) is 101 Å². The molecule has 328 valence electrons. The van der Waals surface area contributed by atoms with Crippen molar-refractivity contribution in [1.29, 1.82) is 0 Å². The predicted octanol–water partition coefficient (Wildman–Crippen LogP) is 6.74. The molecule has 0 spiro atoms. The van der Waals surface area contributed by atoms with Crippen molar-refractivity contribution in [2.75, 3.05) is 52.0 Å². The minimum absolute atomic E-state index is 0.0544. The number of hydrogen-bond acceptors (Lipinski definition) is 18. The van der Waals surface area contributed by atoms with Gasteiger partial charge in [-0.25, -0.2) is 23.9 Å². The number of hydroxylamine groups is 2. The number of aromatic nitrogens is 2. The summed E-state index contributed by atoms with van der Waals surface area (Å²) in [5.41, 5.74) is 5.30. The lowest BCUT2D eigenvalue weighted by atomic mass is 10.2. The number of hydrogen-bond donors (Lipinski definition) is 4. The summed E-state index contributed by atoms with van der Waals surface area (Å²) in [4.78, 5) is 76.6. The van der Waals surface area contributed by atoms with Crippen molar-refractivity contribution >= 4 is 82.5 Å². The van der Waals surface area contributed by atoms with E-state index in [0.29, 0.717) is 36.7 Å². The molecule has 1 aliphatic rings. The number of nitrogens with two attached hydrogens (primary N) is 1. The fourth-order valence-electron chi connectivity index (χ4n) is 4.02. The topological polar surface area (TPSA) is 256 Å². The minimum Gasteiger partial charge on any atom is -0.356 e. The van der Waals surface area contributed by atoms with Gasteiger partial charge in [-0.05, 0) is 78.1 Å². The number of amides is 3. The van der Waals surface area contributed by atoms with Gasteiger partial charge >= 0.3 is 21.6 Å². The van der Waals surface area contributed by atoms with E-state index in [2.05, 4.69) is 28.9 Å². The van der Waals surface area contributed by atoms with Crippen molar-refractivity contribution in [1.82, 2.24) is 20.3 Å². The Hall–Kier alpha value is -2.04. The number of phosphoric acid groups is 2. The molecule has 5 N–H and O–H groups in total. The van der Waals surface area contributed by atoms with E-state index in [-0.39, 0.29) is 38.4 Å². The number of pyridine rings is 2. The number of nitrogens with one attached hydrogen (secondary N) is 1. The van der Waals surface area contributed by atoms with Crippen molar-refractivity contribution < 1.29 is 61.0 Å². The van der Waals surface area contributed by atoms with Gasteiger partial charge in [0, 0.05) is 63.9 Å². The number of carbonyl (C=O) groups is 4. The van der Waals surface area contributed by atoms with Gasteiger partial charge in [0.15, 0.2) is 0 Å². The molecule has 1 saturated heterocycles. The first-order chi connectivity index (χ1) is 27.8. The Morgan fingerprint density at radius 1 is 0.759 bits per heavy atom. The maximum absolute atomic E-state index is 11.7. The number of nitrogens with zero attached hydrogens (tertiary/aromatic N) is 3. The lowest BCUT2D eigenvalue weighted by Gasteiger charge is -2.12. The van der Waals surface area contributed by atoms with E-state index in [0.717, 1.165) is 75.0 Å². The van der Waals surface area contributed by atoms with Crippen LogP contribution in [0.25, 0.3) is 0 Å². The summed E-state index contributed by atoms with van der Waals surface area (Å²) in [5, 5.41) is 5.26. The molecule has 0 saturated carbocycles. The van der Waals surface area contributed by atoms with Crippen LogP contribution in [0.1, 0.15) is 77.0 Å². The van der Waals surface area contributed by atoms with E-state index >= 15 is 0 Å². The van der Waals surface area contributed by atoms with Gasteiger partial charge in [-0.15, -0.1) is 5.06 Å². The molecule has 18 nitrogen and oxygen atoms in total. The van der Waals surface area contributed by atoms with Gasteiger partial charge in [-0.3, -0.25) is 32.5 Å². The average molecular weight is 932 g/mol. The van der Waals surface area contributed by atoms with E-state index in [9.17, 15) is 28.3 Å². The molecule has 58 heavy (non-hydrogen) atoms. The van der Waals surface area contributed by atoms with Gasteiger partial charge in [0.1, 0.15) is 10.1 Å². The maximum Gasteiger partial charge on any atom is 0.471 e. The molecule has 1 aliphatic heterocycles. The number of phosphoric ester groups is 2. The van der Waals surface area contributed by atoms with Crippen LogP contribution in [0.15, 0.2) is 58.8 Å². The Morgan fingerprint density at radius 2 is 1.24 bits per heavy atom. The van der Waals surface area contributed by atoms with Gasteiger partial charge in [0.05, 0.1) is 19.6 Å². The molecule has 0 radical (unpaired) electrons. The second-order valence-electron chi connectivity index (χ2n) is 11.6. The largest absolute Gasteiger partial charge is 0.471 e. The average Bonchev–Trinajstić information content (AvgIpc) is 3.53. The molecule has 0 aliphatic carbocycles. The highest BCUT2D eigenvalue weighted by Gasteiger charge is 2.32. The van der Waals surface area contributed by atoms with Gasteiger partial charge in [0.2, 0.25) is 5.91 Å². The summed E-state index contributed by atoms with van der Waals surface area (Å²) < 4.78 is 39.7. The molecule has 0 bridgehead atoms. The molecule has 3 amide bonds. The van der Waals surface area contributed by atoms with Crippen molar-refractivity contribution in [2.24, 2.45) is 5.73 Å². The minimum atomic E-state index is -3.85. The van der Waals surface area contributed by atoms with Gasteiger partial charge in [-0.1, -0.05) is 59.4 Å². The second kappa shape index (κ2) is 33.7. The highest BCUT2D eigenvalue weighted by atomic mass is 33.1. The number of imide groups is 1. The first kappa shape index (κ1) is 54.0. The molecular formula is C34H55N5O13P2S4. The van der Waals surface area contributed by atoms with Crippen LogP contribution in [0.4, 0.5) is 0 Å². The summed E-state index contributed by atoms with van der Waals surface area (Å²) >= 11 is 0. The van der Waals surface area contributed by atoms with Crippen molar-refractivity contribution in [3.63, 3.8) is 0 Å². The smallest absolute Gasteiger partial charge is 0.356 e. The standard InChI is InChI=1S/C15H25N2O5PS2.C12H12N2O4S2.C7H18NO4P/c1-21-23(19,20)22-12-7-3-2-5-10-16-14(18)9-13-24-25-15-8-4-6-11-17-15;15-10-4-5-11(16)14(10)18-12(17)6-8-19-20-9-3-1-2-7-13-9;1-11-13(9,10)12-7-5-3-2-4-6-8/h4,6,8,11H,2-3,5,7,9-10,12-13H2,1H3,(H,16,18)(H,19,20);1-3,7H,4-6,8H2;2-8H2,1H3,(H,9,10). The molecule has 0 aromatic carbocycles. The van der Waals surface area contributed by atoms with Crippen LogP contribution in [0.2, 0.25) is 0 Å². The van der Waals surface area contributed by atoms with E-state index in [4.69, 9.17) is 24.9 Å². The zero-order valence-electron chi connectivity index (χ0n) is 32.7. The third kappa shape index (κ3) is 29.2. The third-order valence-corrected chi connectivity index (χ3v) is 13.5. The van der Waals surface area contributed by atoms with Crippen molar-refractivity contribution in [3.05, 3.63) is 48.8 Å². The first-order valence-corrected chi connectivity index (χ1v) is 26.0. The van der Waals surface area contributed by atoms with Crippen molar-refractivity contribution in [3.8, 4) is 0 Å². The number of unbranched alkanes of at least 4 members (excludes halogenated alkanes) is 6. The van der Waals surface area contributed by atoms with Crippen molar-refractivity contribution in [2.45, 2.75) is 87.1 Å². The van der Waals surface area contributed by atoms with Crippen LogP contribution in [0.5, 0.6) is 0 Å². The maximum atomic E-state index is 11.7. The fraction of sp³-hybridized carbons (Fsp3) is 0.588. The summed E-state index contributed by atoms with van der Waals surface area (Å²) in [5.74, 6) is -0.194. The Bertz CT molecular complexity index is 1530. The highest BCUT2D eigenvalue weighted by Crippen LogP contribution is 2.42. The molecular weight excluding hydrogens is 877 g/mol. The van der Waals surface area contributed by atoms with E-state index in [1.54, 1.807) is 34.0 Å². The normalized spacial score (nSPS) is 14.3.